The molecule has 0 heterocycles. The molecule has 3 nitrogen and oxygen atoms in total. The van der Waals surface area contributed by atoms with E-state index in [9.17, 15) is 10.1 Å². The maximum atomic E-state index is 10.7. The summed E-state index contributed by atoms with van der Waals surface area (Å²) >= 11 is 0. The Labute approximate surface area is 77.5 Å². The fourth-order valence-electron chi connectivity index (χ4n) is 1.30. The van der Waals surface area contributed by atoms with Gasteiger partial charge in [-0.1, -0.05) is 26.0 Å². The molecule has 0 saturated heterocycles. The standard InChI is InChI=1S/C10H13NO2/c1-3-8-5-6-9(4-2)10(7-8)11(12)13/h5-7H,3-4H2,1-2H3. The lowest BCUT2D eigenvalue weighted by Gasteiger charge is -2.01. The zero-order valence-corrected chi connectivity index (χ0v) is 7.91. The van der Waals surface area contributed by atoms with E-state index >= 15 is 0 Å². The molecule has 13 heavy (non-hydrogen) atoms. The van der Waals surface area contributed by atoms with Gasteiger partial charge in [0, 0.05) is 11.6 Å². The van der Waals surface area contributed by atoms with Crippen molar-refractivity contribution in [2.45, 2.75) is 26.7 Å². The Morgan fingerprint density at radius 3 is 2.46 bits per heavy atom. The normalized spacial score (nSPS) is 10.0. The first-order valence-corrected chi connectivity index (χ1v) is 4.45. The van der Waals surface area contributed by atoms with Crippen LogP contribution in [0.3, 0.4) is 0 Å². The van der Waals surface area contributed by atoms with Crippen molar-refractivity contribution in [1.29, 1.82) is 0 Å². The minimum Gasteiger partial charge on any atom is -0.258 e. The lowest BCUT2D eigenvalue weighted by molar-refractivity contribution is -0.385. The molecule has 1 aromatic rings. The van der Waals surface area contributed by atoms with Crippen molar-refractivity contribution in [3.8, 4) is 0 Å². The Balaban J connectivity index is 3.18. The minimum absolute atomic E-state index is 0.252. The highest BCUT2D eigenvalue weighted by atomic mass is 16.6. The average molecular weight is 179 g/mol. The van der Waals surface area contributed by atoms with E-state index in [1.54, 1.807) is 6.07 Å². The fourth-order valence-corrected chi connectivity index (χ4v) is 1.30. The molecular formula is C10H13NO2. The summed E-state index contributed by atoms with van der Waals surface area (Å²) in [6.45, 7) is 3.92. The maximum absolute atomic E-state index is 10.7. The molecule has 0 aliphatic carbocycles. The molecule has 0 N–H and O–H groups in total. The van der Waals surface area contributed by atoms with E-state index in [1.807, 2.05) is 26.0 Å². The van der Waals surface area contributed by atoms with Crippen molar-refractivity contribution in [3.63, 3.8) is 0 Å². The van der Waals surface area contributed by atoms with Gasteiger partial charge in [0.25, 0.3) is 5.69 Å². The Morgan fingerprint density at radius 2 is 2.00 bits per heavy atom. The highest BCUT2D eigenvalue weighted by molar-refractivity contribution is 5.43. The van der Waals surface area contributed by atoms with Gasteiger partial charge in [0.05, 0.1) is 4.92 Å². The minimum atomic E-state index is -0.308. The number of nitro benzene ring substituents is 1. The second-order valence-corrected chi connectivity index (χ2v) is 2.93. The van der Waals surface area contributed by atoms with Gasteiger partial charge in [-0.05, 0) is 18.4 Å². The Hall–Kier alpha value is -1.38. The van der Waals surface area contributed by atoms with Crippen LogP contribution in [0.25, 0.3) is 0 Å². The van der Waals surface area contributed by atoms with Crippen LogP contribution in [0, 0.1) is 10.1 Å². The third-order valence-electron chi connectivity index (χ3n) is 2.14. The van der Waals surface area contributed by atoms with Gasteiger partial charge in [-0.2, -0.15) is 0 Å². The molecule has 0 spiro atoms. The van der Waals surface area contributed by atoms with E-state index in [0.29, 0.717) is 6.42 Å². The Bertz CT molecular complexity index is 321. The lowest BCUT2D eigenvalue weighted by atomic mass is 10.1. The number of nitrogens with zero attached hydrogens (tertiary/aromatic N) is 1. The third kappa shape index (κ3) is 2.05. The molecule has 0 aromatic heterocycles. The summed E-state index contributed by atoms with van der Waals surface area (Å²) in [7, 11) is 0. The van der Waals surface area contributed by atoms with Crippen molar-refractivity contribution in [2.75, 3.05) is 0 Å². The first-order chi connectivity index (χ1) is 6.19. The first-order valence-electron chi connectivity index (χ1n) is 4.45. The van der Waals surface area contributed by atoms with Crippen LogP contribution in [0.15, 0.2) is 18.2 Å². The Kier molecular flexibility index (Phi) is 3.01. The van der Waals surface area contributed by atoms with E-state index in [-0.39, 0.29) is 10.6 Å². The van der Waals surface area contributed by atoms with Crippen molar-refractivity contribution in [1.82, 2.24) is 0 Å². The monoisotopic (exact) mass is 179 g/mol. The fraction of sp³-hybridized carbons (Fsp3) is 0.400. The highest BCUT2D eigenvalue weighted by Crippen LogP contribution is 2.20. The van der Waals surface area contributed by atoms with Crippen molar-refractivity contribution >= 4 is 5.69 Å². The average Bonchev–Trinajstić information content (AvgIpc) is 2.16. The number of hydrogen-bond donors (Lipinski definition) is 0. The molecule has 0 unspecified atom stereocenters. The number of nitro groups is 1. The summed E-state index contributed by atoms with van der Waals surface area (Å²) in [4.78, 5) is 10.3. The number of benzene rings is 1. The maximum Gasteiger partial charge on any atom is 0.272 e. The number of aryl methyl sites for hydroxylation is 2. The first kappa shape index (κ1) is 9.71. The summed E-state index contributed by atoms with van der Waals surface area (Å²) in [5, 5.41) is 10.7. The second-order valence-electron chi connectivity index (χ2n) is 2.93. The largest absolute Gasteiger partial charge is 0.272 e. The quantitative estimate of drug-likeness (QED) is 0.529. The predicted octanol–water partition coefficient (Wildman–Crippen LogP) is 2.72. The van der Waals surface area contributed by atoms with Crippen LogP contribution in [-0.2, 0) is 12.8 Å². The molecule has 3 heteroatoms. The van der Waals surface area contributed by atoms with E-state index in [1.165, 1.54) is 0 Å². The van der Waals surface area contributed by atoms with Gasteiger partial charge in [-0.15, -0.1) is 0 Å². The van der Waals surface area contributed by atoms with Gasteiger partial charge in [0.1, 0.15) is 0 Å². The topological polar surface area (TPSA) is 43.1 Å². The summed E-state index contributed by atoms with van der Waals surface area (Å²) in [6.07, 6.45) is 1.55. The van der Waals surface area contributed by atoms with Gasteiger partial charge >= 0.3 is 0 Å². The molecule has 0 atom stereocenters. The molecule has 0 fully saturated rings. The summed E-state index contributed by atoms with van der Waals surface area (Å²) in [6, 6.07) is 5.46. The summed E-state index contributed by atoms with van der Waals surface area (Å²) < 4.78 is 0. The molecule has 70 valence electrons. The number of rotatable bonds is 3. The third-order valence-corrected chi connectivity index (χ3v) is 2.14. The molecule has 0 saturated carbocycles. The van der Waals surface area contributed by atoms with Gasteiger partial charge in [-0.3, -0.25) is 10.1 Å². The van der Waals surface area contributed by atoms with E-state index < -0.39 is 0 Å². The van der Waals surface area contributed by atoms with E-state index in [2.05, 4.69) is 0 Å². The number of hydrogen-bond acceptors (Lipinski definition) is 2. The highest BCUT2D eigenvalue weighted by Gasteiger charge is 2.11. The molecule has 0 aliphatic rings. The smallest absolute Gasteiger partial charge is 0.258 e. The van der Waals surface area contributed by atoms with Crippen LogP contribution in [0.2, 0.25) is 0 Å². The summed E-state index contributed by atoms with van der Waals surface area (Å²) in [5.41, 5.74) is 2.08. The lowest BCUT2D eigenvalue weighted by Crippen LogP contribution is -1.95. The molecule has 1 aromatic carbocycles. The van der Waals surface area contributed by atoms with Crippen LogP contribution in [-0.4, -0.2) is 4.92 Å². The van der Waals surface area contributed by atoms with Crippen LogP contribution in [0.4, 0.5) is 5.69 Å². The van der Waals surface area contributed by atoms with Crippen LogP contribution >= 0.6 is 0 Å². The zero-order valence-electron chi connectivity index (χ0n) is 7.91. The van der Waals surface area contributed by atoms with Gasteiger partial charge < -0.3 is 0 Å². The van der Waals surface area contributed by atoms with Gasteiger partial charge in [0.2, 0.25) is 0 Å². The van der Waals surface area contributed by atoms with Crippen LogP contribution in [0.1, 0.15) is 25.0 Å². The molecule has 0 aliphatic heterocycles. The molecular weight excluding hydrogens is 166 g/mol. The van der Waals surface area contributed by atoms with E-state index in [0.717, 1.165) is 17.5 Å². The molecule has 0 amide bonds. The summed E-state index contributed by atoms with van der Waals surface area (Å²) in [5.74, 6) is 0. The SMILES string of the molecule is CCc1ccc(CC)c([N+](=O)[O-])c1. The molecule has 0 bridgehead atoms. The van der Waals surface area contributed by atoms with Crippen LogP contribution < -0.4 is 0 Å². The molecule has 0 radical (unpaired) electrons. The van der Waals surface area contributed by atoms with Crippen LogP contribution in [0.5, 0.6) is 0 Å². The van der Waals surface area contributed by atoms with Crippen molar-refractivity contribution in [2.24, 2.45) is 0 Å². The predicted molar refractivity (Wildman–Crippen MR) is 51.9 cm³/mol. The van der Waals surface area contributed by atoms with Gasteiger partial charge in [-0.25, -0.2) is 0 Å². The van der Waals surface area contributed by atoms with E-state index in [4.69, 9.17) is 0 Å². The van der Waals surface area contributed by atoms with Gasteiger partial charge in [0.15, 0.2) is 0 Å². The van der Waals surface area contributed by atoms with Crippen molar-refractivity contribution in [3.05, 3.63) is 39.4 Å². The Morgan fingerprint density at radius 1 is 1.31 bits per heavy atom. The molecule has 1 rings (SSSR count). The zero-order chi connectivity index (χ0) is 9.84. The van der Waals surface area contributed by atoms with Crippen molar-refractivity contribution < 1.29 is 4.92 Å². The second kappa shape index (κ2) is 4.03.